The molecule has 0 aliphatic carbocycles. The van der Waals surface area contributed by atoms with Crippen LogP contribution in [0.1, 0.15) is 155 Å². The average molecular weight is 755 g/mol. The van der Waals surface area contributed by atoms with Crippen LogP contribution >= 0.6 is 7.82 Å². The molecule has 0 saturated carbocycles. The predicted molar refractivity (Wildman–Crippen MR) is 215 cm³/mol. The van der Waals surface area contributed by atoms with Crippen molar-refractivity contribution in [2.75, 3.05) is 47.5 Å². The van der Waals surface area contributed by atoms with E-state index in [1.54, 1.807) is 0 Å². The van der Waals surface area contributed by atoms with Crippen molar-refractivity contribution in [3.63, 3.8) is 0 Å². The number of esters is 2. The first-order valence-corrected chi connectivity index (χ1v) is 21.9. The third-order valence-electron chi connectivity index (χ3n) is 8.34. The number of likely N-dealkylation sites (N-methyl/N-ethyl adjacent to an activating group) is 1. The molecular weight excluding hydrogens is 677 g/mol. The largest absolute Gasteiger partial charge is 0.472 e. The lowest BCUT2D eigenvalue weighted by atomic mass is 10.1. The molecule has 0 bridgehead atoms. The molecular formula is C42H77NO8P+. The first-order valence-electron chi connectivity index (χ1n) is 20.4. The van der Waals surface area contributed by atoms with Gasteiger partial charge in [0, 0.05) is 12.8 Å². The number of allylic oxidation sites excluding steroid dienone is 8. The van der Waals surface area contributed by atoms with E-state index in [9.17, 15) is 19.0 Å². The Morgan fingerprint density at radius 3 is 1.65 bits per heavy atom. The SMILES string of the molecule is CC/C=C\C/C=C\C/C=C\CCCCCCCC(=O)OC[C@H](COP(=O)(O)OCC[N+](C)(C)C)OC(=O)CCCCCCC/C=C\CCCCCC. The molecule has 0 radical (unpaired) electrons. The Balaban J connectivity index is 4.45. The van der Waals surface area contributed by atoms with Gasteiger partial charge in [-0.3, -0.25) is 18.6 Å². The van der Waals surface area contributed by atoms with Gasteiger partial charge in [-0.15, -0.1) is 0 Å². The van der Waals surface area contributed by atoms with Gasteiger partial charge in [0.2, 0.25) is 0 Å². The summed E-state index contributed by atoms with van der Waals surface area (Å²) < 4.78 is 34.2. The summed E-state index contributed by atoms with van der Waals surface area (Å²) in [6, 6.07) is 0. The number of nitrogens with zero attached hydrogens (tertiary/aromatic N) is 1. The number of hydrogen-bond acceptors (Lipinski definition) is 7. The summed E-state index contributed by atoms with van der Waals surface area (Å²) in [4.78, 5) is 35.2. The van der Waals surface area contributed by atoms with E-state index in [1.807, 2.05) is 21.1 Å². The summed E-state index contributed by atoms with van der Waals surface area (Å²) in [6.45, 7) is 4.24. The lowest BCUT2D eigenvalue weighted by Gasteiger charge is -2.24. The van der Waals surface area contributed by atoms with Gasteiger partial charge in [0.1, 0.15) is 19.8 Å². The summed E-state index contributed by atoms with van der Waals surface area (Å²) in [5.74, 6) is -0.833. The van der Waals surface area contributed by atoms with Gasteiger partial charge in [0.15, 0.2) is 6.10 Å². The molecule has 0 aliphatic rings. The van der Waals surface area contributed by atoms with Crippen molar-refractivity contribution in [2.45, 2.75) is 161 Å². The van der Waals surface area contributed by atoms with Gasteiger partial charge >= 0.3 is 19.8 Å². The van der Waals surface area contributed by atoms with Crippen LogP contribution < -0.4 is 0 Å². The number of unbranched alkanes of at least 4 members (excludes halogenated alkanes) is 14. The highest BCUT2D eigenvalue weighted by Crippen LogP contribution is 2.43. The van der Waals surface area contributed by atoms with Gasteiger partial charge in [-0.2, -0.15) is 0 Å². The second-order valence-corrected chi connectivity index (χ2v) is 16.1. The quantitative estimate of drug-likeness (QED) is 0.0221. The van der Waals surface area contributed by atoms with Crippen molar-refractivity contribution in [1.29, 1.82) is 0 Å². The van der Waals surface area contributed by atoms with Gasteiger partial charge < -0.3 is 18.9 Å². The Hall–Kier alpha value is -2.03. The molecule has 52 heavy (non-hydrogen) atoms. The molecule has 0 aromatic rings. The topological polar surface area (TPSA) is 108 Å². The van der Waals surface area contributed by atoms with Crippen molar-refractivity contribution in [3.8, 4) is 0 Å². The zero-order valence-electron chi connectivity index (χ0n) is 33.8. The first-order chi connectivity index (χ1) is 25.0. The molecule has 0 amide bonds. The second kappa shape index (κ2) is 34.7. The molecule has 0 saturated heterocycles. The van der Waals surface area contributed by atoms with Crippen molar-refractivity contribution >= 4 is 19.8 Å². The van der Waals surface area contributed by atoms with E-state index in [4.69, 9.17) is 18.5 Å². The summed E-state index contributed by atoms with van der Waals surface area (Å²) in [5.41, 5.74) is 0. The Labute approximate surface area is 318 Å². The van der Waals surface area contributed by atoms with Gasteiger partial charge in [-0.05, 0) is 70.6 Å². The average Bonchev–Trinajstić information content (AvgIpc) is 3.09. The van der Waals surface area contributed by atoms with Gasteiger partial charge in [-0.25, -0.2) is 4.57 Å². The van der Waals surface area contributed by atoms with E-state index in [2.05, 4.69) is 62.5 Å². The summed E-state index contributed by atoms with van der Waals surface area (Å²) in [7, 11) is 1.45. The number of rotatable bonds is 36. The maximum atomic E-state index is 12.6. The molecule has 0 heterocycles. The minimum atomic E-state index is -4.38. The van der Waals surface area contributed by atoms with E-state index in [0.717, 1.165) is 83.5 Å². The number of quaternary nitrogens is 1. The Bertz CT molecular complexity index is 1030. The summed E-state index contributed by atoms with van der Waals surface area (Å²) in [6.07, 6.45) is 38.7. The lowest BCUT2D eigenvalue weighted by molar-refractivity contribution is -0.870. The van der Waals surface area contributed by atoms with Crippen LogP contribution in [0.2, 0.25) is 0 Å². The highest BCUT2D eigenvalue weighted by atomic mass is 31.2. The number of phosphoric acid groups is 1. The van der Waals surface area contributed by atoms with E-state index in [-0.39, 0.29) is 32.0 Å². The van der Waals surface area contributed by atoms with Crippen molar-refractivity contribution in [1.82, 2.24) is 0 Å². The highest BCUT2D eigenvalue weighted by molar-refractivity contribution is 7.47. The maximum absolute atomic E-state index is 12.6. The van der Waals surface area contributed by atoms with Crippen LogP contribution in [0.25, 0.3) is 0 Å². The molecule has 1 unspecified atom stereocenters. The fraction of sp³-hybridized carbons (Fsp3) is 0.762. The van der Waals surface area contributed by atoms with E-state index in [1.165, 1.54) is 32.1 Å². The molecule has 10 heteroatoms. The first kappa shape index (κ1) is 50.0. The molecule has 0 fully saturated rings. The summed E-state index contributed by atoms with van der Waals surface area (Å²) in [5, 5.41) is 0. The third-order valence-corrected chi connectivity index (χ3v) is 9.33. The monoisotopic (exact) mass is 755 g/mol. The Kier molecular flexibility index (Phi) is 33.4. The van der Waals surface area contributed by atoms with Crippen molar-refractivity contribution in [2.24, 2.45) is 0 Å². The zero-order valence-corrected chi connectivity index (χ0v) is 34.7. The van der Waals surface area contributed by atoms with Crippen LogP contribution in [0.3, 0.4) is 0 Å². The van der Waals surface area contributed by atoms with Crippen LogP contribution in [0.15, 0.2) is 48.6 Å². The Morgan fingerprint density at radius 2 is 1.10 bits per heavy atom. The minimum absolute atomic E-state index is 0.0256. The van der Waals surface area contributed by atoms with Gasteiger partial charge in [0.05, 0.1) is 27.7 Å². The minimum Gasteiger partial charge on any atom is -0.462 e. The van der Waals surface area contributed by atoms with Crippen molar-refractivity contribution < 1.29 is 42.1 Å². The second-order valence-electron chi connectivity index (χ2n) is 14.6. The van der Waals surface area contributed by atoms with Crippen LogP contribution in [0.4, 0.5) is 0 Å². The van der Waals surface area contributed by atoms with Gasteiger partial charge in [0.25, 0.3) is 0 Å². The van der Waals surface area contributed by atoms with Crippen LogP contribution in [-0.2, 0) is 32.7 Å². The van der Waals surface area contributed by atoms with E-state index in [0.29, 0.717) is 23.9 Å². The fourth-order valence-electron chi connectivity index (χ4n) is 5.14. The molecule has 0 rings (SSSR count). The standard InChI is InChI=1S/C42H76NO8P/c1-6-8-10-12-14-16-18-20-21-23-24-26-28-30-32-34-41(44)48-38-40(39-50-52(46,47)49-37-36-43(3,4)5)51-42(45)35-33-31-29-27-25-22-19-17-15-13-11-9-7-2/h8,10,14,16-17,19-21,40H,6-7,9,11-13,15,18,22-39H2,1-5H3/p+1/b10-8-,16-14-,19-17-,21-20-/t40-/m1/s1. The van der Waals surface area contributed by atoms with E-state index >= 15 is 0 Å². The molecule has 0 aromatic heterocycles. The predicted octanol–water partition coefficient (Wildman–Crippen LogP) is 11.1. The number of ether oxygens (including phenoxy) is 2. The third kappa shape index (κ3) is 37.7. The van der Waals surface area contributed by atoms with Gasteiger partial charge in [-0.1, -0.05) is 120 Å². The normalized spacial score (nSPS) is 14.2. The molecule has 0 aromatic carbocycles. The highest BCUT2D eigenvalue weighted by Gasteiger charge is 2.27. The lowest BCUT2D eigenvalue weighted by Crippen LogP contribution is -2.37. The number of carbonyl (C=O) groups excluding carboxylic acids is 2. The van der Waals surface area contributed by atoms with Crippen LogP contribution in [0, 0.1) is 0 Å². The fourth-order valence-corrected chi connectivity index (χ4v) is 5.88. The summed E-state index contributed by atoms with van der Waals surface area (Å²) >= 11 is 0. The zero-order chi connectivity index (χ0) is 38.6. The number of phosphoric ester groups is 1. The smallest absolute Gasteiger partial charge is 0.462 e. The molecule has 9 nitrogen and oxygen atoms in total. The Morgan fingerprint density at radius 1 is 0.615 bits per heavy atom. The van der Waals surface area contributed by atoms with E-state index < -0.39 is 26.5 Å². The molecule has 1 N–H and O–H groups in total. The van der Waals surface area contributed by atoms with Crippen LogP contribution in [-0.4, -0.2) is 74.9 Å². The number of carbonyl (C=O) groups is 2. The molecule has 0 spiro atoms. The van der Waals surface area contributed by atoms with Crippen molar-refractivity contribution in [3.05, 3.63) is 48.6 Å². The molecule has 302 valence electrons. The number of hydrogen-bond donors (Lipinski definition) is 1. The molecule has 2 atom stereocenters. The molecule has 0 aliphatic heterocycles. The maximum Gasteiger partial charge on any atom is 0.472 e. The van der Waals surface area contributed by atoms with Crippen LogP contribution in [0.5, 0.6) is 0 Å².